The van der Waals surface area contributed by atoms with E-state index in [2.05, 4.69) is 21.1 Å². The Labute approximate surface area is 152 Å². The molecule has 0 amide bonds. The van der Waals surface area contributed by atoms with Crippen molar-refractivity contribution in [3.05, 3.63) is 60.0 Å². The van der Waals surface area contributed by atoms with E-state index in [1.165, 1.54) is 0 Å². The number of aromatic nitrogens is 2. The van der Waals surface area contributed by atoms with Gasteiger partial charge in [0.15, 0.2) is 17.3 Å². The molecule has 2 aromatic heterocycles. The highest BCUT2D eigenvalue weighted by Gasteiger charge is 2.19. The average Bonchev–Trinajstić information content (AvgIpc) is 3.13. The second-order valence-corrected chi connectivity index (χ2v) is 6.25. The normalized spacial score (nSPS) is 14.8. The SMILES string of the molecule is COc1cccc2c1OCCCN(Cc1cc(-c3ccccn3)no1)C2. The molecule has 1 aliphatic heterocycles. The van der Waals surface area contributed by atoms with Gasteiger partial charge in [0.1, 0.15) is 5.69 Å². The van der Waals surface area contributed by atoms with Crippen molar-refractivity contribution in [1.82, 2.24) is 15.0 Å². The highest BCUT2D eigenvalue weighted by molar-refractivity contribution is 5.53. The highest BCUT2D eigenvalue weighted by Crippen LogP contribution is 2.33. The van der Waals surface area contributed by atoms with Gasteiger partial charge in [-0.2, -0.15) is 0 Å². The summed E-state index contributed by atoms with van der Waals surface area (Å²) in [5, 5.41) is 4.16. The molecule has 3 heterocycles. The smallest absolute Gasteiger partial charge is 0.165 e. The molecule has 0 N–H and O–H groups in total. The van der Waals surface area contributed by atoms with Gasteiger partial charge in [0.2, 0.25) is 0 Å². The topological polar surface area (TPSA) is 60.6 Å². The zero-order chi connectivity index (χ0) is 17.8. The van der Waals surface area contributed by atoms with Gasteiger partial charge in [-0.25, -0.2) is 0 Å². The van der Waals surface area contributed by atoms with E-state index in [-0.39, 0.29) is 0 Å². The Balaban J connectivity index is 1.52. The monoisotopic (exact) mass is 351 g/mol. The summed E-state index contributed by atoms with van der Waals surface area (Å²) in [4.78, 5) is 6.66. The lowest BCUT2D eigenvalue weighted by Crippen LogP contribution is -2.27. The summed E-state index contributed by atoms with van der Waals surface area (Å²) < 4.78 is 16.9. The first-order valence-electron chi connectivity index (χ1n) is 8.71. The number of para-hydroxylation sites is 1. The fourth-order valence-corrected chi connectivity index (χ4v) is 3.17. The Morgan fingerprint density at radius 3 is 2.96 bits per heavy atom. The van der Waals surface area contributed by atoms with Crippen molar-refractivity contribution in [3.8, 4) is 22.9 Å². The second kappa shape index (κ2) is 7.58. The quantitative estimate of drug-likeness (QED) is 0.717. The van der Waals surface area contributed by atoms with Gasteiger partial charge in [-0.15, -0.1) is 0 Å². The van der Waals surface area contributed by atoms with Crippen LogP contribution in [0.2, 0.25) is 0 Å². The summed E-state index contributed by atoms with van der Waals surface area (Å²) >= 11 is 0. The number of rotatable bonds is 4. The molecule has 0 saturated heterocycles. The van der Waals surface area contributed by atoms with Gasteiger partial charge in [-0.1, -0.05) is 23.4 Å². The van der Waals surface area contributed by atoms with E-state index in [9.17, 15) is 0 Å². The van der Waals surface area contributed by atoms with Crippen LogP contribution in [-0.4, -0.2) is 35.3 Å². The minimum Gasteiger partial charge on any atom is -0.493 e. The van der Waals surface area contributed by atoms with Crippen LogP contribution in [0.4, 0.5) is 0 Å². The molecule has 0 bridgehead atoms. The minimum absolute atomic E-state index is 0.666. The third-order valence-electron chi connectivity index (χ3n) is 4.41. The van der Waals surface area contributed by atoms with Gasteiger partial charge >= 0.3 is 0 Å². The third kappa shape index (κ3) is 3.55. The Bertz CT molecular complexity index is 864. The van der Waals surface area contributed by atoms with Crippen LogP contribution in [0, 0.1) is 0 Å². The Kier molecular flexibility index (Phi) is 4.84. The van der Waals surface area contributed by atoms with Crippen molar-refractivity contribution >= 4 is 0 Å². The fraction of sp³-hybridized carbons (Fsp3) is 0.300. The maximum absolute atomic E-state index is 5.92. The van der Waals surface area contributed by atoms with Crippen molar-refractivity contribution in [3.63, 3.8) is 0 Å². The van der Waals surface area contributed by atoms with Crippen molar-refractivity contribution in [1.29, 1.82) is 0 Å². The Morgan fingerprint density at radius 2 is 2.12 bits per heavy atom. The molecule has 0 saturated carbocycles. The number of hydrogen-bond acceptors (Lipinski definition) is 6. The van der Waals surface area contributed by atoms with Crippen LogP contribution in [0.25, 0.3) is 11.4 Å². The first-order chi connectivity index (χ1) is 12.8. The Morgan fingerprint density at radius 1 is 1.15 bits per heavy atom. The summed E-state index contributed by atoms with van der Waals surface area (Å²) in [5.74, 6) is 2.45. The van der Waals surface area contributed by atoms with Gasteiger partial charge < -0.3 is 14.0 Å². The summed E-state index contributed by atoms with van der Waals surface area (Å²) in [6, 6.07) is 13.7. The number of benzene rings is 1. The van der Waals surface area contributed by atoms with E-state index < -0.39 is 0 Å². The molecule has 0 aliphatic carbocycles. The number of nitrogens with zero attached hydrogens (tertiary/aromatic N) is 3. The van der Waals surface area contributed by atoms with Crippen molar-refractivity contribution in [2.75, 3.05) is 20.3 Å². The molecule has 4 rings (SSSR count). The van der Waals surface area contributed by atoms with E-state index in [0.717, 1.165) is 53.7 Å². The van der Waals surface area contributed by atoms with E-state index in [4.69, 9.17) is 14.0 Å². The predicted octanol–water partition coefficient (Wildman–Crippen LogP) is 3.53. The number of hydrogen-bond donors (Lipinski definition) is 0. The molecule has 6 nitrogen and oxygen atoms in total. The molecule has 1 aromatic carbocycles. The standard InChI is InChI=1S/C20H21N3O3/c1-24-19-8-4-6-15-13-23(10-5-11-25-20(15)19)14-16-12-18(22-26-16)17-7-2-3-9-21-17/h2-4,6-9,12H,5,10-11,13-14H2,1H3. The lowest BCUT2D eigenvalue weighted by atomic mass is 10.1. The van der Waals surface area contributed by atoms with Crippen LogP contribution in [0.15, 0.2) is 53.2 Å². The van der Waals surface area contributed by atoms with Crippen LogP contribution >= 0.6 is 0 Å². The molecule has 3 aromatic rings. The lowest BCUT2D eigenvalue weighted by molar-refractivity contribution is 0.180. The molecule has 0 fully saturated rings. The van der Waals surface area contributed by atoms with Gasteiger partial charge in [0.25, 0.3) is 0 Å². The maximum Gasteiger partial charge on any atom is 0.165 e. The molecule has 1 aliphatic rings. The maximum atomic E-state index is 5.92. The fourth-order valence-electron chi connectivity index (χ4n) is 3.17. The van der Waals surface area contributed by atoms with E-state index >= 15 is 0 Å². The molecule has 0 atom stereocenters. The van der Waals surface area contributed by atoms with Crippen LogP contribution in [0.5, 0.6) is 11.5 Å². The predicted molar refractivity (Wildman–Crippen MR) is 97.0 cm³/mol. The lowest BCUT2D eigenvalue weighted by Gasteiger charge is -2.26. The number of fused-ring (bicyclic) bond motifs is 1. The summed E-state index contributed by atoms with van der Waals surface area (Å²) in [5.41, 5.74) is 2.70. The second-order valence-electron chi connectivity index (χ2n) is 6.25. The van der Waals surface area contributed by atoms with Gasteiger partial charge in [-0.05, 0) is 24.6 Å². The molecule has 26 heavy (non-hydrogen) atoms. The van der Waals surface area contributed by atoms with Crippen LogP contribution in [0.3, 0.4) is 0 Å². The molecule has 134 valence electrons. The molecule has 0 unspecified atom stereocenters. The van der Waals surface area contributed by atoms with E-state index in [1.807, 2.05) is 36.4 Å². The zero-order valence-corrected chi connectivity index (χ0v) is 14.7. The summed E-state index contributed by atoms with van der Waals surface area (Å²) in [6.45, 7) is 3.05. The van der Waals surface area contributed by atoms with Crippen LogP contribution in [-0.2, 0) is 13.1 Å². The summed E-state index contributed by atoms with van der Waals surface area (Å²) in [6.07, 6.45) is 2.70. The van der Waals surface area contributed by atoms with Gasteiger partial charge in [0.05, 0.1) is 26.0 Å². The minimum atomic E-state index is 0.666. The first-order valence-corrected chi connectivity index (χ1v) is 8.71. The molecule has 0 radical (unpaired) electrons. The largest absolute Gasteiger partial charge is 0.493 e. The molecular weight excluding hydrogens is 330 g/mol. The Hall–Kier alpha value is -2.86. The van der Waals surface area contributed by atoms with Crippen LogP contribution in [0.1, 0.15) is 17.7 Å². The van der Waals surface area contributed by atoms with E-state index in [0.29, 0.717) is 13.2 Å². The van der Waals surface area contributed by atoms with Crippen LogP contribution < -0.4 is 9.47 Å². The number of ether oxygens (including phenoxy) is 2. The average molecular weight is 351 g/mol. The van der Waals surface area contributed by atoms with Crippen molar-refractivity contribution < 1.29 is 14.0 Å². The van der Waals surface area contributed by atoms with Crippen molar-refractivity contribution in [2.24, 2.45) is 0 Å². The highest BCUT2D eigenvalue weighted by atomic mass is 16.5. The van der Waals surface area contributed by atoms with Crippen molar-refractivity contribution in [2.45, 2.75) is 19.5 Å². The first kappa shape index (κ1) is 16.6. The molecular formula is C20H21N3O3. The molecule has 0 spiro atoms. The summed E-state index contributed by atoms with van der Waals surface area (Å²) in [7, 11) is 1.67. The number of pyridine rings is 1. The zero-order valence-electron chi connectivity index (χ0n) is 14.7. The molecule has 6 heteroatoms. The van der Waals surface area contributed by atoms with E-state index in [1.54, 1.807) is 13.3 Å². The third-order valence-corrected chi connectivity index (χ3v) is 4.41. The number of methoxy groups -OCH3 is 1. The van der Waals surface area contributed by atoms with Gasteiger partial charge in [0, 0.05) is 30.9 Å². The van der Waals surface area contributed by atoms with Gasteiger partial charge in [-0.3, -0.25) is 9.88 Å².